The average molecular weight is 290 g/mol. The van der Waals surface area contributed by atoms with Gasteiger partial charge in [-0.1, -0.05) is 19.3 Å². The molecule has 112 valence electrons. The zero-order valence-electron chi connectivity index (χ0n) is 11.6. The molecule has 0 bridgehead atoms. The van der Waals surface area contributed by atoms with Gasteiger partial charge in [-0.3, -0.25) is 14.7 Å². The number of anilines is 1. The molecule has 8 nitrogen and oxygen atoms in total. The topological polar surface area (TPSA) is 113 Å². The summed E-state index contributed by atoms with van der Waals surface area (Å²) in [5.41, 5.74) is 2.23. The van der Waals surface area contributed by atoms with E-state index in [0.717, 1.165) is 32.1 Å². The molecule has 2 aliphatic rings. The molecule has 3 rings (SSSR count). The summed E-state index contributed by atoms with van der Waals surface area (Å²) in [5.74, 6) is 5.51. The minimum atomic E-state index is -0.693. The van der Waals surface area contributed by atoms with Crippen molar-refractivity contribution in [1.29, 1.82) is 0 Å². The molecule has 1 aliphatic carbocycles. The van der Waals surface area contributed by atoms with Crippen molar-refractivity contribution in [2.24, 2.45) is 5.84 Å². The van der Waals surface area contributed by atoms with Gasteiger partial charge in [-0.2, -0.15) is 0 Å². The van der Waals surface area contributed by atoms with Crippen molar-refractivity contribution in [3.05, 3.63) is 18.1 Å². The molecule has 0 unspecified atom stereocenters. The zero-order valence-corrected chi connectivity index (χ0v) is 11.6. The Kier molecular flexibility index (Phi) is 3.46. The molecular weight excluding hydrogens is 272 g/mol. The van der Waals surface area contributed by atoms with E-state index >= 15 is 0 Å². The number of rotatable bonds is 3. The molecule has 3 amide bonds. The number of nitrogens with one attached hydrogen (secondary N) is 2. The smallest absolute Gasteiger partial charge is 0.323 e. The molecule has 21 heavy (non-hydrogen) atoms. The molecule has 0 radical (unpaired) electrons. The van der Waals surface area contributed by atoms with Crippen LogP contribution in [0.4, 0.5) is 10.6 Å². The van der Waals surface area contributed by atoms with Crippen LogP contribution in [0.5, 0.6) is 0 Å². The van der Waals surface area contributed by atoms with Crippen molar-refractivity contribution in [2.45, 2.75) is 44.2 Å². The van der Waals surface area contributed by atoms with Crippen molar-refractivity contribution >= 4 is 17.8 Å². The third-order valence-corrected chi connectivity index (χ3v) is 4.13. The lowest BCUT2D eigenvalue weighted by atomic mass is 9.82. The number of carbonyl (C=O) groups is 2. The molecule has 1 spiro atoms. The number of hydrogen-bond donors (Lipinski definition) is 3. The molecule has 0 atom stereocenters. The van der Waals surface area contributed by atoms with Gasteiger partial charge in [0, 0.05) is 0 Å². The fourth-order valence-electron chi connectivity index (χ4n) is 2.99. The van der Waals surface area contributed by atoms with Crippen LogP contribution in [0.3, 0.4) is 0 Å². The van der Waals surface area contributed by atoms with Crippen molar-refractivity contribution in [3.8, 4) is 0 Å². The highest BCUT2D eigenvalue weighted by atomic mass is 16.2. The second-order valence-corrected chi connectivity index (χ2v) is 5.50. The van der Waals surface area contributed by atoms with Crippen LogP contribution in [0.1, 0.15) is 37.8 Å². The normalized spacial score (nSPS) is 20.7. The predicted octanol–water partition coefficient (Wildman–Crippen LogP) is 0.517. The summed E-state index contributed by atoms with van der Waals surface area (Å²) < 4.78 is 0. The molecule has 1 aromatic heterocycles. The summed E-state index contributed by atoms with van der Waals surface area (Å²) in [4.78, 5) is 34.1. The fraction of sp³-hybridized carbons (Fsp3) is 0.538. The third-order valence-electron chi connectivity index (χ3n) is 4.13. The van der Waals surface area contributed by atoms with E-state index in [1.54, 1.807) is 0 Å². The summed E-state index contributed by atoms with van der Waals surface area (Å²) in [5, 5.41) is 2.87. The van der Waals surface area contributed by atoms with Gasteiger partial charge in [-0.25, -0.2) is 15.6 Å². The minimum Gasteiger partial charge on any atom is -0.323 e. The Labute approximate surface area is 122 Å². The molecule has 1 saturated carbocycles. The summed E-state index contributed by atoms with van der Waals surface area (Å²) >= 11 is 0. The Morgan fingerprint density at radius 2 is 2.00 bits per heavy atom. The van der Waals surface area contributed by atoms with E-state index < -0.39 is 5.54 Å². The molecule has 1 aliphatic heterocycles. The molecule has 1 saturated heterocycles. The second kappa shape index (κ2) is 5.28. The minimum absolute atomic E-state index is 0.129. The van der Waals surface area contributed by atoms with Gasteiger partial charge in [0.05, 0.1) is 24.6 Å². The Hall–Kier alpha value is -2.22. The number of imide groups is 1. The lowest BCUT2D eigenvalue weighted by Gasteiger charge is -2.30. The number of urea groups is 1. The quantitative estimate of drug-likeness (QED) is 0.425. The first kappa shape index (κ1) is 13.7. The van der Waals surface area contributed by atoms with E-state index in [-0.39, 0.29) is 18.5 Å². The largest absolute Gasteiger partial charge is 0.325 e. The lowest BCUT2D eigenvalue weighted by molar-refractivity contribution is -0.132. The first-order valence-corrected chi connectivity index (χ1v) is 7.06. The maximum Gasteiger partial charge on any atom is 0.325 e. The van der Waals surface area contributed by atoms with E-state index in [2.05, 4.69) is 20.7 Å². The van der Waals surface area contributed by atoms with Gasteiger partial charge in [0.15, 0.2) is 5.82 Å². The van der Waals surface area contributed by atoms with Crippen molar-refractivity contribution < 1.29 is 9.59 Å². The number of nitrogen functional groups attached to an aromatic ring is 1. The van der Waals surface area contributed by atoms with Crippen LogP contribution in [0.2, 0.25) is 0 Å². The van der Waals surface area contributed by atoms with Crippen LogP contribution < -0.4 is 16.6 Å². The summed E-state index contributed by atoms with van der Waals surface area (Å²) in [6, 6.07) is -0.343. The highest BCUT2D eigenvalue weighted by Crippen LogP contribution is 2.34. The van der Waals surface area contributed by atoms with Crippen LogP contribution >= 0.6 is 0 Å². The fourth-order valence-corrected chi connectivity index (χ4v) is 2.99. The highest BCUT2D eigenvalue weighted by Gasteiger charge is 2.51. The molecule has 8 heteroatoms. The van der Waals surface area contributed by atoms with Gasteiger partial charge in [0.1, 0.15) is 5.54 Å². The maximum atomic E-state index is 12.6. The van der Waals surface area contributed by atoms with E-state index in [1.165, 1.54) is 17.3 Å². The number of hydrogen-bond acceptors (Lipinski definition) is 6. The summed E-state index contributed by atoms with van der Waals surface area (Å²) in [6.45, 7) is 0.129. The maximum absolute atomic E-state index is 12.6. The van der Waals surface area contributed by atoms with E-state index in [9.17, 15) is 9.59 Å². The van der Waals surface area contributed by atoms with Gasteiger partial charge in [-0.15, -0.1) is 0 Å². The monoisotopic (exact) mass is 290 g/mol. The van der Waals surface area contributed by atoms with Crippen LogP contribution in [0.15, 0.2) is 12.4 Å². The number of nitrogens with two attached hydrogens (primary N) is 1. The molecular formula is C13H18N6O2. The average Bonchev–Trinajstić information content (AvgIpc) is 2.73. The first-order valence-electron chi connectivity index (χ1n) is 7.06. The molecule has 1 aromatic rings. The van der Waals surface area contributed by atoms with Crippen molar-refractivity contribution in [3.63, 3.8) is 0 Å². The van der Waals surface area contributed by atoms with Gasteiger partial charge in [0.25, 0.3) is 5.91 Å². The summed E-state index contributed by atoms with van der Waals surface area (Å²) in [6.07, 6.45) is 7.45. The lowest BCUT2D eigenvalue weighted by Crippen LogP contribution is -2.48. The van der Waals surface area contributed by atoms with Crippen LogP contribution in [0.25, 0.3) is 0 Å². The van der Waals surface area contributed by atoms with Gasteiger partial charge >= 0.3 is 6.03 Å². The Morgan fingerprint density at radius 3 is 2.62 bits per heavy atom. The van der Waals surface area contributed by atoms with Crippen molar-refractivity contribution in [1.82, 2.24) is 20.2 Å². The Bertz CT molecular complexity index is 552. The number of amides is 3. The number of hydrazine groups is 1. The molecule has 2 fully saturated rings. The van der Waals surface area contributed by atoms with Gasteiger partial charge < -0.3 is 10.7 Å². The van der Waals surface area contributed by atoms with Crippen LogP contribution in [0, 0.1) is 0 Å². The van der Waals surface area contributed by atoms with Gasteiger partial charge in [0.2, 0.25) is 0 Å². The highest BCUT2D eigenvalue weighted by molar-refractivity contribution is 6.07. The van der Waals surface area contributed by atoms with Crippen LogP contribution in [-0.2, 0) is 11.3 Å². The SMILES string of the molecule is NNc1cnc(CN2C(=O)NC3(CCCCC3)C2=O)cn1. The molecule has 4 N–H and O–H groups in total. The predicted molar refractivity (Wildman–Crippen MR) is 74.7 cm³/mol. The van der Waals surface area contributed by atoms with Gasteiger partial charge in [-0.05, 0) is 12.8 Å². The number of nitrogens with zero attached hydrogens (tertiary/aromatic N) is 3. The zero-order chi connectivity index (χ0) is 14.9. The summed E-state index contributed by atoms with van der Waals surface area (Å²) in [7, 11) is 0. The van der Waals surface area contributed by atoms with E-state index in [1.807, 2.05) is 0 Å². The third kappa shape index (κ3) is 2.42. The standard InChI is InChI=1S/C13H18N6O2/c14-18-10-7-15-9(6-16-10)8-19-11(20)13(17-12(19)21)4-2-1-3-5-13/h6-7H,1-5,8,14H2,(H,16,18)(H,17,21). The molecule has 2 heterocycles. The molecule has 0 aromatic carbocycles. The number of carbonyl (C=O) groups excluding carboxylic acids is 2. The van der Waals surface area contributed by atoms with Crippen LogP contribution in [-0.4, -0.2) is 32.3 Å². The van der Waals surface area contributed by atoms with Crippen molar-refractivity contribution in [2.75, 3.05) is 5.43 Å². The second-order valence-electron chi connectivity index (χ2n) is 5.50. The Morgan fingerprint density at radius 1 is 1.24 bits per heavy atom. The Balaban J connectivity index is 1.75. The van der Waals surface area contributed by atoms with E-state index in [0.29, 0.717) is 11.5 Å². The number of aromatic nitrogens is 2. The van der Waals surface area contributed by atoms with E-state index in [4.69, 9.17) is 5.84 Å². The first-order chi connectivity index (χ1) is 10.1.